The first kappa shape index (κ1) is 23.8. The summed E-state index contributed by atoms with van der Waals surface area (Å²) in [6.45, 7) is 1.37. The van der Waals surface area contributed by atoms with Gasteiger partial charge in [0, 0.05) is 36.7 Å². The number of furan rings is 1. The Morgan fingerprint density at radius 2 is 1.97 bits per heavy atom. The van der Waals surface area contributed by atoms with Crippen LogP contribution in [-0.4, -0.2) is 57.8 Å². The van der Waals surface area contributed by atoms with E-state index in [1.807, 2.05) is 18.2 Å². The molecular weight excluding hydrogens is 444 g/mol. The summed E-state index contributed by atoms with van der Waals surface area (Å²) < 4.78 is 6.21. The number of Topliss-reactive ketones (excluding diaryl/α,β-unsaturated/α-hetero) is 1. The van der Waals surface area contributed by atoms with Crippen molar-refractivity contribution in [2.24, 2.45) is 5.73 Å². The van der Waals surface area contributed by atoms with E-state index < -0.39 is 23.1 Å². The van der Waals surface area contributed by atoms with Gasteiger partial charge in [-0.15, -0.1) is 0 Å². The lowest BCUT2D eigenvalue weighted by Crippen LogP contribution is -2.77. The van der Waals surface area contributed by atoms with E-state index in [1.165, 1.54) is 0 Å². The van der Waals surface area contributed by atoms with Crippen molar-refractivity contribution in [2.75, 3.05) is 13.6 Å². The molecule has 0 radical (unpaired) electrons. The number of rotatable bonds is 3. The highest BCUT2D eigenvalue weighted by molar-refractivity contribution is 5.96. The van der Waals surface area contributed by atoms with Crippen LogP contribution in [-0.2, 0) is 23.2 Å². The molecule has 182 valence electrons. The van der Waals surface area contributed by atoms with Gasteiger partial charge in [-0.3, -0.25) is 9.59 Å². The van der Waals surface area contributed by atoms with E-state index in [-0.39, 0.29) is 29.6 Å². The molecule has 1 unspecified atom stereocenters. The van der Waals surface area contributed by atoms with Gasteiger partial charge in [0.1, 0.15) is 29.7 Å². The van der Waals surface area contributed by atoms with Crippen molar-refractivity contribution in [1.82, 2.24) is 0 Å². The summed E-state index contributed by atoms with van der Waals surface area (Å²) in [6.07, 6.45) is 1.24. The summed E-state index contributed by atoms with van der Waals surface area (Å²) in [7, 11) is 2.13. The molecule has 2 aromatic rings. The number of nitrogens with two attached hydrogens (primary N) is 1. The standard InChI is InChI=1S/C23H26N2O5.CH2O3/c1-25(13-16-3-2-10-30-16)9-8-22-12-15(26)6-7-23(22,29)18(25)11-14-4-5-17(21(24)28)20(27)19(14)22;2-1(3)4/h2-5,10,18,29H,6-9,11-13H2,1H3,(H2-,24,27,28);(H2,2,3,4)/p-1/t18-,22-,23-,25?;/m1./s1. The maximum Gasteiger partial charge on any atom is 0.252 e. The van der Waals surface area contributed by atoms with E-state index in [1.54, 1.807) is 12.3 Å². The molecule has 2 fully saturated rings. The summed E-state index contributed by atoms with van der Waals surface area (Å²) in [5.74, 6) is 0.0537. The summed E-state index contributed by atoms with van der Waals surface area (Å²) in [6, 6.07) is 7.03. The Morgan fingerprint density at radius 1 is 1.26 bits per heavy atom. The molecule has 1 saturated carbocycles. The zero-order valence-electron chi connectivity index (χ0n) is 18.8. The van der Waals surface area contributed by atoms with Crippen molar-refractivity contribution in [3.63, 3.8) is 0 Å². The minimum atomic E-state index is -2.33. The SMILES string of the molecule is C[N+]1(Cc2ccco2)CC[C@]23CC(=O)CC[C@@]2(O)[C@H]1Cc1ccc(C(N)=O)c(O)c13.O=C([O-])[O-]. The van der Waals surface area contributed by atoms with Crippen LogP contribution in [0.2, 0.25) is 0 Å². The van der Waals surface area contributed by atoms with Crippen LogP contribution >= 0.6 is 0 Å². The molecule has 4 atom stereocenters. The summed E-state index contributed by atoms with van der Waals surface area (Å²) in [5, 5.41) is 39.9. The molecule has 1 aromatic heterocycles. The zero-order chi connectivity index (χ0) is 24.9. The van der Waals surface area contributed by atoms with Gasteiger partial charge in [0.25, 0.3) is 5.91 Å². The second kappa shape index (κ2) is 8.14. The molecule has 1 amide bonds. The monoisotopic (exact) mass is 471 g/mol. The minimum absolute atomic E-state index is 0.0420. The molecule has 1 saturated heterocycles. The summed E-state index contributed by atoms with van der Waals surface area (Å²) in [4.78, 5) is 32.8. The molecule has 5 rings (SSSR count). The molecule has 2 heterocycles. The Bertz CT molecular complexity index is 1140. The Labute approximate surface area is 195 Å². The number of amides is 1. The largest absolute Gasteiger partial charge is 0.652 e. The first-order valence-corrected chi connectivity index (χ1v) is 11.1. The molecule has 1 aromatic carbocycles. The second-order valence-electron chi connectivity index (χ2n) is 9.74. The van der Waals surface area contributed by atoms with E-state index in [9.17, 15) is 19.8 Å². The summed E-state index contributed by atoms with van der Waals surface area (Å²) >= 11 is 0. The average Bonchev–Trinajstić information content (AvgIpc) is 3.24. The number of aliphatic hydroxyl groups is 1. The lowest BCUT2D eigenvalue weighted by atomic mass is 9.48. The van der Waals surface area contributed by atoms with E-state index in [2.05, 4.69) is 7.05 Å². The molecule has 10 heteroatoms. The number of ketones is 1. The molecule has 2 aliphatic carbocycles. The van der Waals surface area contributed by atoms with Crippen molar-refractivity contribution in [2.45, 2.75) is 55.7 Å². The van der Waals surface area contributed by atoms with E-state index in [4.69, 9.17) is 25.2 Å². The van der Waals surface area contributed by atoms with Gasteiger partial charge in [-0.05, 0) is 36.3 Å². The van der Waals surface area contributed by atoms with Crippen LogP contribution in [0, 0.1) is 0 Å². The quantitative estimate of drug-likeness (QED) is 0.494. The average molecular weight is 471 g/mol. The Morgan fingerprint density at radius 3 is 2.59 bits per heavy atom. The van der Waals surface area contributed by atoms with Gasteiger partial charge in [0.05, 0.1) is 25.4 Å². The number of hydrogen-bond donors (Lipinski definition) is 3. The van der Waals surface area contributed by atoms with Crippen molar-refractivity contribution in [3.05, 3.63) is 53.0 Å². The third-order valence-corrected chi connectivity index (χ3v) is 7.98. The fourth-order valence-electron chi connectivity index (χ4n) is 6.57. The Hall–Kier alpha value is -3.37. The number of carbonyl (C=O) groups excluding carboxylic acids is 3. The molecule has 0 spiro atoms. The van der Waals surface area contributed by atoms with Crippen LogP contribution in [0.15, 0.2) is 34.9 Å². The number of primary amides is 1. The van der Waals surface area contributed by atoms with E-state index in [0.29, 0.717) is 42.3 Å². The van der Waals surface area contributed by atoms with Gasteiger partial charge >= 0.3 is 0 Å². The van der Waals surface area contributed by atoms with Gasteiger partial charge in [-0.25, -0.2) is 0 Å². The maximum absolute atomic E-state index is 12.6. The third-order valence-electron chi connectivity index (χ3n) is 7.98. The summed E-state index contributed by atoms with van der Waals surface area (Å²) in [5.41, 5.74) is 4.88. The number of hydrogen-bond acceptors (Lipinski definition) is 8. The number of carbonyl (C=O) groups is 3. The predicted octanol–water partition coefficient (Wildman–Crippen LogP) is -0.666. The number of likely N-dealkylation sites (tertiary alicyclic amines) is 1. The van der Waals surface area contributed by atoms with Gasteiger partial charge < -0.3 is 39.9 Å². The van der Waals surface area contributed by atoms with Crippen LogP contribution in [0.1, 0.15) is 52.9 Å². The first-order chi connectivity index (χ1) is 15.9. The number of aromatic hydroxyl groups is 1. The van der Waals surface area contributed by atoms with Crippen LogP contribution in [0.5, 0.6) is 5.75 Å². The lowest BCUT2D eigenvalue weighted by molar-refractivity contribution is -0.961. The number of fused-ring (bicyclic) bond motifs is 1. The highest BCUT2D eigenvalue weighted by Gasteiger charge is 2.70. The van der Waals surface area contributed by atoms with Crippen LogP contribution in [0.4, 0.5) is 4.79 Å². The van der Waals surface area contributed by atoms with Crippen molar-refractivity contribution in [1.29, 1.82) is 0 Å². The van der Waals surface area contributed by atoms with Crippen LogP contribution < -0.4 is 15.9 Å². The van der Waals surface area contributed by atoms with E-state index in [0.717, 1.165) is 17.9 Å². The third kappa shape index (κ3) is 3.54. The van der Waals surface area contributed by atoms with Gasteiger partial charge in [0.15, 0.2) is 5.76 Å². The number of likely N-dealkylation sites (N-methyl/N-ethyl adjacent to an activating group) is 1. The van der Waals surface area contributed by atoms with E-state index >= 15 is 0 Å². The molecule has 1 aliphatic heterocycles. The van der Waals surface area contributed by atoms with Gasteiger partial charge in [0.2, 0.25) is 0 Å². The number of benzene rings is 1. The fourth-order valence-corrected chi connectivity index (χ4v) is 6.57. The molecule has 34 heavy (non-hydrogen) atoms. The fraction of sp³-hybridized carbons (Fsp3) is 0.458. The zero-order valence-corrected chi connectivity index (χ0v) is 18.8. The van der Waals surface area contributed by atoms with Crippen molar-refractivity contribution >= 4 is 17.8 Å². The number of piperidine rings is 1. The van der Waals surface area contributed by atoms with Gasteiger partial charge in [-0.2, -0.15) is 0 Å². The molecular formula is C24H27N2O8-. The number of quaternary nitrogens is 1. The smallest absolute Gasteiger partial charge is 0.252 e. The number of phenols is 1. The molecule has 3 aliphatic rings. The van der Waals surface area contributed by atoms with Crippen molar-refractivity contribution in [3.8, 4) is 5.75 Å². The topological polar surface area (TPSA) is 177 Å². The van der Waals surface area contributed by atoms with Crippen LogP contribution in [0.25, 0.3) is 0 Å². The predicted molar refractivity (Wildman–Crippen MR) is 113 cm³/mol. The minimum Gasteiger partial charge on any atom is -0.652 e. The highest BCUT2D eigenvalue weighted by Crippen LogP contribution is 2.61. The normalized spacial score (nSPS) is 31.5. The molecule has 4 N–H and O–H groups in total. The van der Waals surface area contributed by atoms with Crippen molar-refractivity contribution < 1.29 is 43.7 Å². The Balaban J connectivity index is 0.000000636. The van der Waals surface area contributed by atoms with Crippen LogP contribution in [0.3, 0.4) is 0 Å². The first-order valence-electron chi connectivity index (χ1n) is 11.1. The molecule has 2 bridgehead atoms. The maximum atomic E-state index is 12.6. The number of nitrogens with zero attached hydrogens (tertiary/aromatic N) is 1. The second-order valence-corrected chi connectivity index (χ2v) is 9.74. The van der Waals surface area contributed by atoms with Gasteiger partial charge in [-0.1, -0.05) is 6.07 Å². The number of carboxylic acid groups (broad SMARTS) is 2. The molecule has 10 nitrogen and oxygen atoms in total. The Kier molecular flexibility index (Phi) is 5.69. The lowest BCUT2D eigenvalue weighted by Gasteiger charge is -2.64. The highest BCUT2D eigenvalue weighted by atomic mass is 16.6.